The highest BCUT2D eigenvalue weighted by molar-refractivity contribution is 5.44. The van der Waals surface area contributed by atoms with Gasteiger partial charge >= 0.3 is 0 Å². The summed E-state index contributed by atoms with van der Waals surface area (Å²) in [6, 6.07) is 5.59. The first-order chi connectivity index (χ1) is 9.30. The van der Waals surface area contributed by atoms with Crippen molar-refractivity contribution in [3.05, 3.63) is 48.0 Å². The number of rotatable bonds is 5. The zero-order chi connectivity index (χ0) is 13.7. The second kappa shape index (κ2) is 6.15. The van der Waals surface area contributed by atoms with Crippen LogP contribution in [0.1, 0.15) is 17.3 Å². The summed E-state index contributed by atoms with van der Waals surface area (Å²) in [7, 11) is 5.16. The summed E-state index contributed by atoms with van der Waals surface area (Å²) in [5, 5.41) is 3.22. The maximum Gasteiger partial charge on any atom is 0.124 e. The van der Waals surface area contributed by atoms with Gasteiger partial charge in [-0.2, -0.15) is 0 Å². The van der Waals surface area contributed by atoms with E-state index >= 15 is 0 Å². The monoisotopic (exact) mass is 259 g/mol. The van der Waals surface area contributed by atoms with E-state index in [0.29, 0.717) is 0 Å². The Kier molecular flexibility index (Phi) is 4.30. The van der Waals surface area contributed by atoms with Crippen LogP contribution in [0.15, 0.2) is 36.8 Å². The summed E-state index contributed by atoms with van der Waals surface area (Å²) in [5.41, 5.74) is 1.79. The van der Waals surface area contributed by atoms with Gasteiger partial charge in [-0.05, 0) is 25.2 Å². The zero-order valence-electron chi connectivity index (χ0n) is 11.3. The molecule has 0 spiro atoms. The maximum absolute atomic E-state index is 5.41. The average Bonchev–Trinajstić information content (AvgIpc) is 2.49. The first kappa shape index (κ1) is 13.3. The SMILES string of the molecule is CNC(c1cnccn1)c1cc(OC)ccc1OC. The van der Waals surface area contributed by atoms with Gasteiger partial charge in [0.25, 0.3) is 0 Å². The van der Waals surface area contributed by atoms with Crippen molar-refractivity contribution in [1.29, 1.82) is 0 Å². The number of aromatic nitrogens is 2. The number of ether oxygens (including phenoxy) is 2. The molecule has 0 saturated carbocycles. The van der Waals surface area contributed by atoms with Crippen LogP contribution in [0.4, 0.5) is 0 Å². The predicted molar refractivity (Wildman–Crippen MR) is 72.5 cm³/mol. The number of hydrogen-bond acceptors (Lipinski definition) is 5. The average molecular weight is 259 g/mol. The number of methoxy groups -OCH3 is 2. The van der Waals surface area contributed by atoms with E-state index in [9.17, 15) is 0 Å². The van der Waals surface area contributed by atoms with E-state index in [1.165, 1.54) is 0 Å². The molecule has 5 nitrogen and oxygen atoms in total. The zero-order valence-corrected chi connectivity index (χ0v) is 11.3. The van der Waals surface area contributed by atoms with Gasteiger partial charge in [-0.1, -0.05) is 0 Å². The molecule has 2 aromatic rings. The molecule has 0 aliphatic rings. The summed E-state index contributed by atoms with van der Waals surface area (Å²) >= 11 is 0. The second-order valence-electron chi connectivity index (χ2n) is 3.96. The van der Waals surface area contributed by atoms with Crippen molar-refractivity contribution >= 4 is 0 Å². The van der Waals surface area contributed by atoms with Crippen LogP contribution >= 0.6 is 0 Å². The Balaban J connectivity index is 2.48. The van der Waals surface area contributed by atoms with Crippen molar-refractivity contribution in [1.82, 2.24) is 15.3 Å². The summed E-state index contributed by atoms with van der Waals surface area (Å²) < 4.78 is 10.7. The molecule has 1 aromatic carbocycles. The minimum absolute atomic E-state index is 0.0984. The lowest BCUT2D eigenvalue weighted by Gasteiger charge is -2.19. The molecule has 0 radical (unpaired) electrons. The maximum atomic E-state index is 5.41. The Morgan fingerprint density at radius 3 is 2.58 bits per heavy atom. The van der Waals surface area contributed by atoms with Crippen LogP contribution < -0.4 is 14.8 Å². The normalized spacial score (nSPS) is 11.9. The summed E-state index contributed by atoms with van der Waals surface area (Å²) in [4.78, 5) is 8.44. The fraction of sp³-hybridized carbons (Fsp3) is 0.286. The van der Waals surface area contributed by atoms with Crippen molar-refractivity contribution in [2.45, 2.75) is 6.04 Å². The Morgan fingerprint density at radius 2 is 2.00 bits per heavy atom. The largest absolute Gasteiger partial charge is 0.497 e. The van der Waals surface area contributed by atoms with Gasteiger partial charge < -0.3 is 14.8 Å². The Bertz CT molecular complexity index is 531. The van der Waals surface area contributed by atoms with E-state index in [-0.39, 0.29) is 6.04 Å². The minimum atomic E-state index is -0.0984. The van der Waals surface area contributed by atoms with Crippen molar-refractivity contribution in [2.24, 2.45) is 0 Å². The van der Waals surface area contributed by atoms with Gasteiger partial charge in [0.05, 0.1) is 32.2 Å². The summed E-state index contributed by atoms with van der Waals surface area (Å²) in [5.74, 6) is 1.56. The standard InChI is InChI=1S/C14H17N3O2/c1-15-14(12-9-16-6-7-17-12)11-8-10(18-2)4-5-13(11)19-3/h4-9,14-15H,1-3H3. The third-order valence-electron chi connectivity index (χ3n) is 2.92. The lowest BCUT2D eigenvalue weighted by Crippen LogP contribution is -2.19. The van der Waals surface area contributed by atoms with E-state index in [1.54, 1.807) is 32.8 Å². The lowest BCUT2D eigenvalue weighted by atomic mass is 10.0. The fourth-order valence-corrected chi connectivity index (χ4v) is 1.99. The highest BCUT2D eigenvalue weighted by Crippen LogP contribution is 2.31. The molecule has 1 N–H and O–H groups in total. The topological polar surface area (TPSA) is 56.3 Å². The van der Waals surface area contributed by atoms with Gasteiger partial charge in [-0.15, -0.1) is 0 Å². The van der Waals surface area contributed by atoms with E-state index in [1.807, 2.05) is 25.2 Å². The molecule has 2 rings (SSSR count). The molecule has 0 amide bonds. The van der Waals surface area contributed by atoms with Crippen molar-refractivity contribution < 1.29 is 9.47 Å². The molecular formula is C14H17N3O2. The molecular weight excluding hydrogens is 242 g/mol. The summed E-state index contributed by atoms with van der Waals surface area (Å²) in [6.45, 7) is 0. The van der Waals surface area contributed by atoms with E-state index in [0.717, 1.165) is 22.8 Å². The Labute approximate surface area is 112 Å². The number of benzene rings is 1. The first-order valence-corrected chi connectivity index (χ1v) is 5.95. The minimum Gasteiger partial charge on any atom is -0.497 e. The molecule has 1 aromatic heterocycles. The van der Waals surface area contributed by atoms with Crippen LogP contribution in [0.2, 0.25) is 0 Å². The van der Waals surface area contributed by atoms with E-state index < -0.39 is 0 Å². The van der Waals surface area contributed by atoms with Crippen LogP contribution in [-0.4, -0.2) is 31.2 Å². The second-order valence-corrected chi connectivity index (χ2v) is 3.96. The quantitative estimate of drug-likeness (QED) is 0.887. The predicted octanol–water partition coefficient (Wildman–Crippen LogP) is 1.80. The molecule has 1 atom stereocenters. The molecule has 0 aliphatic heterocycles. The molecule has 1 unspecified atom stereocenters. The highest BCUT2D eigenvalue weighted by Gasteiger charge is 2.18. The summed E-state index contributed by atoms with van der Waals surface area (Å²) in [6.07, 6.45) is 5.06. The third-order valence-corrected chi connectivity index (χ3v) is 2.92. The van der Waals surface area contributed by atoms with Crippen LogP contribution in [-0.2, 0) is 0 Å². The molecule has 0 aliphatic carbocycles. The molecule has 0 fully saturated rings. The molecule has 19 heavy (non-hydrogen) atoms. The fourth-order valence-electron chi connectivity index (χ4n) is 1.99. The van der Waals surface area contributed by atoms with Crippen LogP contribution in [0, 0.1) is 0 Å². The molecule has 5 heteroatoms. The van der Waals surface area contributed by atoms with Gasteiger partial charge in [-0.25, -0.2) is 0 Å². The van der Waals surface area contributed by atoms with Gasteiger partial charge in [0.1, 0.15) is 11.5 Å². The Morgan fingerprint density at radius 1 is 1.16 bits per heavy atom. The first-order valence-electron chi connectivity index (χ1n) is 5.95. The number of hydrogen-bond donors (Lipinski definition) is 1. The van der Waals surface area contributed by atoms with Crippen LogP contribution in [0.25, 0.3) is 0 Å². The lowest BCUT2D eigenvalue weighted by molar-refractivity contribution is 0.394. The Hall–Kier alpha value is -2.14. The molecule has 0 bridgehead atoms. The highest BCUT2D eigenvalue weighted by atomic mass is 16.5. The van der Waals surface area contributed by atoms with Crippen molar-refractivity contribution in [2.75, 3.05) is 21.3 Å². The number of nitrogens with zero attached hydrogens (tertiary/aromatic N) is 2. The third kappa shape index (κ3) is 2.82. The van der Waals surface area contributed by atoms with Crippen molar-refractivity contribution in [3.8, 4) is 11.5 Å². The van der Waals surface area contributed by atoms with Crippen molar-refractivity contribution in [3.63, 3.8) is 0 Å². The van der Waals surface area contributed by atoms with Gasteiger partial charge in [-0.3, -0.25) is 9.97 Å². The van der Waals surface area contributed by atoms with Crippen LogP contribution in [0.5, 0.6) is 11.5 Å². The molecule has 1 heterocycles. The molecule has 100 valence electrons. The van der Waals surface area contributed by atoms with E-state index in [2.05, 4.69) is 15.3 Å². The van der Waals surface area contributed by atoms with Gasteiger partial charge in [0.2, 0.25) is 0 Å². The van der Waals surface area contributed by atoms with Gasteiger partial charge in [0, 0.05) is 18.0 Å². The van der Waals surface area contributed by atoms with E-state index in [4.69, 9.17) is 9.47 Å². The molecule has 0 saturated heterocycles. The van der Waals surface area contributed by atoms with Gasteiger partial charge in [0.15, 0.2) is 0 Å². The van der Waals surface area contributed by atoms with Crippen LogP contribution in [0.3, 0.4) is 0 Å². The smallest absolute Gasteiger partial charge is 0.124 e. The number of nitrogens with one attached hydrogen (secondary N) is 1.